The van der Waals surface area contributed by atoms with Crippen LogP contribution in [0, 0.1) is 5.92 Å². The predicted octanol–water partition coefficient (Wildman–Crippen LogP) is 3.17. The lowest BCUT2D eigenvalue weighted by atomic mass is 10.0. The second-order valence-corrected chi connectivity index (χ2v) is 6.51. The number of hydrogen-bond donors (Lipinski definition) is 1. The Bertz CT molecular complexity index is 530. The maximum absolute atomic E-state index is 11.4. The smallest absolute Gasteiger partial charge is 0.320 e. The van der Waals surface area contributed by atoms with Crippen molar-refractivity contribution in [3.63, 3.8) is 0 Å². The van der Waals surface area contributed by atoms with E-state index in [4.69, 9.17) is 9.47 Å². The molecule has 0 aromatic heterocycles. The van der Waals surface area contributed by atoms with Gasteiger partial charge in [0.15, 0.2) is 11.5 Å². The maximum Gasteiger partial charge on any atom is 0.320 e. The van der Waals surface area contributed by atoms with Crippen LogP contribution < -0.4 is 9.47 Å². The van der Waals surface area contributed by atoms with Crippen LogP contribution in [0.15, 0.2) is 18.2 Å². The standard InChI is InChI=1S/C18H27NO4/c1-13(2)12-23-16-8-7-14(10-17(16)22-3)11-19-9-5-4-6-15(19)18(20)21/h7-8,10,13,15H,4-6,9,11-12H2,1-3H3,(H,20,21). The lowest BCUT2D eigenvalue weighted by molar-refractivity contribution is -0.144. The molecule has 1 fully saturated rings. The van der Waals surface area contributed by atoms with Crippen LogP contribution in [0.4, 0.5) is 0 Å². The van der Waals surface area contributed by atoms with Crippen LogP contribution in [0.2, 0.25) is 0 Å². The van der Waals surface area contributed by atoms with Crippen LogP contribution in [0.3, 0.4) is 0 Å². The fourth-order valence-corrected chi connectivity index (χ4v) is 2.88. The van der Waals surface area contributed by atoms with E-state index in [0.29, 0.717) is 24.8 Å². The Kier molecular flexibility index (Phi) is 6.28. The van der Waals surface area contributed by atoms with Crippen LogP contribution in [-0.2, 0) is 11.3 Å². The average Bonchev–Trinajstić information content (AvgIpc) is 2.53. The molecule has 2 rings (SSSR count). The summed E-state index contributed by atoms with van der Waals surface area (Å²) in [5.41, 5.74) is 1.05. The molecule has 1 atom stereocenters. The van der Waals surface area contributed by atoms with E-state index in [-0.39, 0.29) is 6.04 Å². The zero-order valence-corrected chi connectivity index (χ0v) is 14.2. The molecule has 1 saturated heterocycles. The van der Waals surface area contributed by atoms with E-state index in [2.05, 4.69) is 13.8 Å². The largest absolute Gasteiger partial charge is 0.493 e. The van der Waals surface area contributed by atoms with E-state index in [1.807, 2.05) is 23.1 Å². The van der Waals surface area contributed by atoms with Gasteiger partial charge in [0, 0.05) is 6.54 Å². The maximum atomic E-state index is 11.4. The summed E-state index contributed by atoms with van der Waals surface area (Å²) in [7, 11) is 1.63. The van der Waals surface area contributed by atoms with Crippen molar-refractivity contribution in [1.82, 2.24) is 4.90 Å². The summed E-state index contributed by atoms with van der Waals surface area (Å²) in [4.78, 5) is 13.4. The number of piperidine rings is 1. The van der Waals surface area contributed by atoms with Gasteiger partial charge in [-0.25, -0.2) is 0 Å². The van der Waals surface area contributed by atoms with Gasteiger partial charge in [-0.05, 0) is 43.0 Å². The molecule has 1 aliphatic rings. The minimum absolute atomic E-state index is 0.383. The summed E-state index contributed by atoms with van der Waals surface area (Å²) >= 11 is 0. The molecular formula is C18H27NO4. The Morgan fingerprint density at radius 2 is 2.13 bits per heavy atom. The minimum Gasteiger partial charge on any atom is -0.493 e. The van der Waals surface area contributed by atoms with Crippen LogP contribution >= 0.6 is 0 Å². The van der Waals surface area contributed by atoms with Crippen molar-refractivity contribution in [3.05, 3.63) is 23.8 Å². The average molecular weight is 321 g/mol. The number of carboxylic acids is 1. The van der Waals surface area contributed by atoms with Crippen molar-refractivity contribution in [2.24, 2.45) is 5.92 Å². The molecule has 1 heterocycles. The Balaban J connectivity index is 2.09. The molecule has 1 aromatic carbocycles. The number of methoxy groups -OCH3 is 1. The highest BCUT2D eigenvalue weighted by Gasteiger charge is 2.28. The fraction of sp³-hybridized carbons (Fsp3) is 0.611. The summed E-state index contributed by atoms with van der Waals surface area (Å²) in [6.45, 7) is 6.29. The van der Waals surface area contributed by atoms with Gasteiger partial charge in [-0.2, -0.15) is 0 Å². The zero-order chi connectivity index (χ0) is 16.8. The van der Waals surface area contributed by atoms with E-state index in [9.17, 15) is 9.90 Å². The van der Waals surface area contributed by atoms with E-state index < -0.39 is 5.97 Å². The van der Waals surface area contributed by atoms with Crippen molar-refractivity contribution in [2.45, 2.75) is 45.7 Å². The number of likely N-dealkylation sites (tertiary alicyclic amines) is 1. The summed E-state index contributed by atoms with van der Waals surface area (Å²) in [5.74, 6) is 1.16. The molecule has 0 saturated carbocycles. The first-order valence-electron chi connectivity index (χ1n) is 8.28. The normalized spacial score (nSPS) is 18.9. The quantitative estimate of drug-likeness (QED) is 0.836. The summed E-state index contributed by atoms with van der Waals surface area (Å²) < 4.78 is 11.2. The van der Waals surface area contributed by atoms with Gasteiger partial charge in [-0.3, -0.25) is 9.69 Å². The number of rotatable bonds is 7. The number of benzene rings is 1. The Morgan fingerprint density at radius 1 is 1.35 bits per heavy atom. The number of carbonyl (C=O) groups is 1. The minimum atomic E-state index is -0.728. The molecule has 5 heteroatoms. The van der Waals surface area contributed by atoms with Crippen molar-refractivity contribution in [1.29, 1.82) is 0 Å². The topological polar surface area (TPSA) is 59.0 Å². The Hall–Kier alpha value is -1.75. The van der Waals surface area contributed by atoms with Crippen molar-refractivity contribution in [2.75, 3.05) is 20.3 Å². The van der Waals surface area contributed by atoms with Gasteiger partial charge in [0.2, 0.25) is 0 Å². The first kappa shape index (κ1) is 17.6. The summed E-state index contributed by atoms with van der Waals surface area (Å²) in [5, 5.41) is 9.37. The zero-order valence-electron chi connectivity index (χ0n) is 14.2. The molecule has 1 N–H and O–H groups in total. The molecule has 0 radical (unpaired) electrons. The SMILES string of the molecule is COc1cc(CN2CCCCC2C(=O)O)ccc1OCC(C)C. The highest BCUT2D eigenvalue weighted by molar-refractivity contribution is 5.73. The van der Waals surface area contributed by atoms with Gasteiger partial charge in [-0.1, -0.05) is 26.3 Å². The van der Waals surface area contributed by atoms with E-state index in [1.165, 1.54) is 0 Å². The number of aliphatic carboxylic acids is 1. The molecular weight excluding hydrogens is 294 g/mol. The highest BCUT2D eigenvalue weighted by atomic mass is 16.5. The third-order valence-corrected chi connectivity index (χ3v) is 4.08. The van der Waals surface area contributed by atoms with Gasteiger partial charge in [0.1, 0.15) is 6.04 Å². The molecule has 1 aliphatic heterocycles. The van der Waals surface area contributed by atoms with Crippen LogP contribution in [0.5, 0.6) is 11.5 Å². The number of carboxylic acid groups (broad SMARTS) is 1. The number of ether oxygens (including phenoxy) is 2. The molecule has 128 valence electrons. The number of hydrogen-bond acceptors (Lipinski definition) is 4. The summed E-state index contributed by atoms with van der Waals surface area (Å²) in [6.07, 6.45) is 2.76. The molecule has 0 aliphatic carbocycles. The molecule has 0 spiro atoms. The molecule has 1 aromatic rings. The van der Waals surface area contributed by atoms with Crippen LogP contribution in [0.1, 0.15) is 38.7 Å². The lowest BCUT2D eigenvalue weighted by Gasteiger charge is -2.32. The lowest BCUT2D eigenvalue weighted by Crippen LogP contribution is -2.43. The van der Waals surface area contributed by atoms with Crippen LogP contribution in [-0.4, -0.2) is 42.3 Å². The second kappa shape index (κ2) is 8.20. The monoisotopic (exact) mass is 321 g/mol. The summed E-state index contributed by atoms with van der Waals surface area (Å²) in [6, 6.07) is 5.47. The molecule has 0 amide bonds. The second-order valence-electron chi connectivity index (χ2n) is 6.51. The number of nitrogens with zero attached hydrogens (tertiary/aromatic N) is 1. The third-order valence-electron chi connectivity index (χ3n) is 4.08. The van der Waals surface area contributed by atoms with Crippen molar-refractivity contribution in [3.8, 4) is 11.5 Å². The van der Waals surface area contributed by atoms with Gasteiger partial charge in [0.25, 0.3) is 0 Å². The fourth-order valence-electron chi connectivity index (χ4n) is 2.88. The van der Waals surface area contributed by atoms with Crippen LogP contribution in [0.25, 0.3) is 0 Å². The van der Waals surface area contributed by atoms with E-state index >= 15 is 0 Å². The third kappa shape index (κ3) is 4.86. The Morgan fingerprint density at radius 3 is 2.78 bits per heavy atom. The highest BCUT2D eigenvalue weighted by Crippen LogP contribution is 2.30. The molecule has 23 heavy (non-hydrogen) atoms. The molecule has 5 nitrogen and oxygen atoms in total. The Labute approximate surface area is 138 Å². The molecule has 0 bridgehead atoms. The first-order chi connectivity index (χ1) is 11.0. The van der Waals surface area contributed by atoms with Crippen molar-refractivity contribution < 1.29 is 19.4 Å². The van der Waals surface area contributed by atoms with Gasteiger partial charge in [0.05, 0.1) is 13.7 Å². The van der Waals surface area contributed by atoms with Gasteiger partial charge < -0.3 is 14.6 Å². The predicted molar refractivity (Wildman–Crippen MR) is 89.0 cm³/mol. The van der Waals surface area contributed by atoms with Gasteiger partial charge in [-0.15, -0.1) is 0 Å². The molecule has 1 unspecified atom stereocenters. The van der Waals surface area contributed by atoms with E-state index in [1.54, 1.807) is 7.11 Å². The van der Waals surface area contributed by atoms with Crippen molar-refractivity contribution >= 4 is 5.97 Å². The van der Waals surface area contributed by atoms with Gasteiger partial charge >= 0.3 is 5.97 Å². The first-order valence-corrected chi connectivity index (χ1v) is 8.28. The van der Waals surface area contributed by atoms with E-state index in [0.717, 1.165) is 37.1 Å².